The maximum Gasteiger partial charge on any atom is 0.257 e. The van der Waals surface area contributed by atoms with E-state index in [0.29, 0.717) is 46.0 Å². The highest BCUT2D eigenvalue weighted by Gasteiger charge is 2.14. The second-order valence-electron chi connectivity index (χ2n) is 4.79. The van der Waals surface area contributed by atoms with E-state index < -0.39 is 0 Å². The van der Waals surface area contributed by atoms with E-state index in [0.717, 1.165) is 6.42 Å². The quantitative estimate of drug-likeness (QED) is 0.882. The highest BCUT2D eigenvalue weighted by Crippen LogP contribution is 2.32. The first-order valence-electron chi connectivity index (χ1n) is 6.79. The lowest BCUT2D eigenvalue weighted by atomic mass is 10.2. The van der Waals surface area contributed by atoms with Crippen molar-refractivity contribution in [1.82, 2.24) is 0 Å². The number of benzene rings is 2. The second kappa shape index (κ2) is 6.46. The van der Waals surface area contributed by atoms with Gasteiger partial charge in [0.15, 0.2) is 11.5 Å². The first-order valence-corrected chi connectivity index (χ1v) is 7.55. The summed E-state index contributed by atoms with van der Waals surface area (Å²) < 4.78 is 11.1. The van der Waals surface area contributed by atoms with E-state index in [4.69, 9.17) is 32.7 Å². The number of hydrogen-bond donors (Lipinski definition) is 1. The molecule has 6 heteroatoms. The van der Waals surface area contributed by atoms with E-state index in [1.165, 1.54) is 6.07 Å². The van der Waals surface area contributed by atoms with Crippen LogP contribution in [0.5, 0.6) is 11.5 Å². The molecule has 0 spiro atoms. The zero-order valence-electron chi connectivity index (χ0n) is 11.6. The van der Waals surface area contributed by atoms with E-state index in [-0.39, 0.29) is 5.91 Å². The molecule has 4 nitrogen and oxygen atoms in total. The summed E-state index contributed by atoms with van der Waals surface area (Å²) in [6.45, 7) is 1.21. The topological polar surface area (TPSA) is 47.6 Å². The Labute approximate surface area is 137 Å². The summed E-state index contributed by atoms with van der Waals surface area (Å²) in [6.07, 6.45) is 0.830. The van der Waals surface area contributed by atoms with Crippen molar-refractivity contribution in [3.63, 3.8) is 0 Å². The van der Waals surface area contributed by atoms with Gasteiger partial charge in [-0.1, -0.05) is 23.2 Å². The van der Waals surface area contributed by atoms with Crippen LogP contribution in [0.15, 0.2) is 36.4 Å². The van der Waals surface area contributed by atoms with E-state index in [1.54, 1.807) is 30.3 Å². The number of fused-ring (bicyclic) bond motifs is 1. The molecule has 1 aliphatic heterocycles. The molecule has 0 saturated heterocycles. The van der Waals surface area contributed by atoms with Crippen molar-refractivity contribution < 1.29 is 14.3 Å². The summed E-state index contributed by atoms with van der Waals surface area (Å²) in [5.41, 5.74) is 0.971. The first kappa shape index (κ1) is 15.0. The maximum absolute atomic E-state index is 12.3. The van der Waals surface area contributed by atoms with Gasteiger partial charge in [0, 0.05) is 23.2 Å². The number of anilines is 1. The molecule has 2 aromatic carbocycles. The number of carbonyl (C=O) groups excluding carboxylic acids is 1. The van der Waals surface area contributed by atoms with Crippen LogP contribution in [0.25, 0.3) is 0 Å². The van der Waals surface area contributed by atoms with Crippen molar-refractivity contribution in [3.05, 3.63) is 52.0 Å². The lowest BCUT2D eigenvalue weighted by Crippen LogP contribution is -2.12. The summed E-state index contributed by atoms with van der Waals surface area (Å²) in [6, 6.07) is 10.0. The van der Waals surface area contributed by atoms with Crippen molar-refractivity contribution in [2.75, 3.05) is 18.5 Å². The van der Waals surface area contributed by atoms with Crippen molar-refractivity contribution in [2.24, 2.45) is 0 Å². The van der Waals surface area contributed by atoms with Gasteiger partial charge in [0.25, 0.3) is 5.91 Å². The van der Waals surface area contributed by atoms with Gasteiger partial charge in [0.05, 0.1) is 23.8 Å². The molecule has 2 aromatic rings. The van der Waals surface area contributed by atoms with Crippen LogP contribution in [0, 0.1) is 0 Å². The molecule has 0 unspecified atom stereocenters. The second-order valence-corrected chi connectivity index (χ2v) is 5.63. The van der Waals surface area contributed by atoms with Crippen LogP contribution >= 0.6 is 23.2 Å². The van der Waals surface area contributed by atoms with Gasteiger partial charge in [-0.05, 0) is 30.3 Å². The number of carbonyl (C=O) groups is 1. The van der Waals surface area contributed by atoms with E-state index >= 15 is 0 Å². The summed E-state index contributed by atoms with van der Waals surface area (Å²) in [5, 5.41) is 3.58. The van der Waals surface area contributed by atoms with Gasteiger partial charge in [-0.15, -0.1) is 0 Å². The molecule has 0 bridgehead atoms. The van der Waals surface area contributed by atoms with E-state index in [2.05, 4.69) is 5.32 Å². The van der Waals surface area contributed by atoms with Crippen LogP contribution < -0.4 is 14.8 Å². The van der Waals surface area contributed by atoms with Gasteiger partial charge >= 0.3 is 0 Å². The molecule has 114 valence electrons. The van der Waals surface area contributed by atoms with Gasteiger partial charge in [-0.2, -0.15) is 0 Å². The summed E-state index contributed by atoms with van der Waals surface area (Å²) in [7, 11) is 0. The van der Waals surface area contributed by atoms with E-state index in [1.807, 2.05) is 0 Å². The number of amides is 1. The fourth-order valence-corrected chi connectivity index (χ4v) is 2.61. The number of halogens is 2. The molecular weight excluding hydrogens is 325 g/mol. The molecule has 22 heavy (non-hydrogen) atoms. The third-order valence-electron chi connectivity index (χ3n) is 3.18. The van der Waals surface area contributed by atoms with Crippen LogP contribution in [-0.2, 0) is 0 Å². The smallest absolute Gasteiger partial charge is 0.257 e. The predicted octanol–water partition coefficient (Wildman–Crippen LogP) is 4.41. The Kier molecular flexibility index (Phi) is 4.41. The molecular formula is C16H13Cl2NO3. The number of ether oxygens (including phenoxy) is 2. The standard InChI is InChI=1S/C16H13Cl2NO3/c17-10-2-4-12(13(18)8-10)16(20)19-11-3-5-14-15(9-11)22-7-1-6-21-14/h2-5,8-9H,1,6-7H2,(H,19,20). The van der Waals surface area contributed by atoms with Crippen molar-refractivity contribution in [3.8, 4) is 11.5 Å². The zero-order chi connectivity index (χ0) is 15.5. The highest BCUT2D eigenvalue weighted by molar-refractivity contribution is 6.37. The molecule has 1 N–H and O–H groups in total. The Morgan fingerprint density at radius 2 is 1.77 bits per heavy atom. The third-order valence-corrected chi connectivity index (χ3v) is 3.73. The zero-order valence-corrected chi connectivity index (χ0v) is 13.1. The SMILES string of the molecule is O=C(Nc1ccc2c(c1)OCCCO2)c1ccc(Cl)cc1Cl. The number of hydrogen-bond acceptors (Lipinski definition) is 3. The minimum absolute atomic E-state index is 0.305. The minimum Gasteiger partial charge on any atom is -0.490 e. The minimum atomic E-state index is -0.309. The lowest BCUT2D eigenvalue weighted by Gasteiger charge is -2.11. The monoisotopic (exact) mass is 337 g/mol. The summed E-state index contributed by atoms with van der Waals surface area (Å²) in [5.74, 6) is 0.994. The molecule has 0 fully saturated rings. The van der Waals surface area contributed by atoms with Gasteiger partial charge in [-0.25, -0.2) is 0 Å². The summed E-state index contributed by atoms with van der Waals surface area (Å²) >= 11 is 11.9. The van der Waals surface area contributed by atoms with Crippen LogP contribution in [-0.4, -0.2) is 19.1 Å². The Balaban J connectivity index is 1.80. The lowest BCUT2D eigenvalue weighted by molar-refractivity contribution is 0.102. The molecule has 0 radical (unpaired) electrons. The van der Waals surface area contributed by atoms with Crippen LogP contribution in [0.3, 0.4) is 0 Å². The van der Waals surface area contributed by atoms with Crippen molar-refractivity contribution in [2.45, 2.75) is 6.42 Å². The fourth-order valence-electron chi connectivity index (χ4n) is 2.11. The number of nitrogens with one attached hydrogen (secondary N) is 1. The predicted molar refractivity (Wildman–Crippen MR) is 86.5 cm³/mol. The molecule has 3 rings (SSSR count). The Morgan fingerprint density at radius 1 is 1.00 bits per heavy atom. The Hall–Kier alpha value is -1.91. The van der Waals surface area contributed by atoms with Crippen LogP contribution in [0.2, 0.25) is 10.0 Å². The van der Waals surface area contributed by atoms with Gasteiger partial charge in [-0.3, -0.25) is 4.79 Å². The molecule has 1 amide bonds. The normalized spacial score (nSPS) is 13.4. The fraction of sp³-hybridized carbons (Fsp3) is 0.188. The molecule has 0 aliphatic carbocycles. The van der Waals surface area contributed by atoms with Crippen molar-refractivity contribution in [1.29, 1.82) is 0 Å². The average Bonchev–Trinajstić information content (AvgIpc) is 2.71. The third kappa shape index (κ3) is 3.29. The average molecular weight is 338 g/mol. The van der Waals surface area contributed by atoms with Gasteiger partial charge < -0.3 is 14.8 Å². The number of rotatable bonds is 2. The highest BCUT2D eigenvalue weighted by atomic mass is 35.5. The molecule has 0 saturated carbocycles. The maximum atomic E-state index is 12.3. The Morgan fingerprint density at radius 3 is 2.55 bits per heavy atom. The van der Waals surface area contributed by atoms with E-state index in [9.17, 15) is 4.79 Å². The van der Waals surface area contributed by atoms with Crippen LogP contribution in [0.1, 0.15) is 16.8 Å². The molecule has 0 atom stereocenters. The Bertz CT molecular complexity index is 719. The van der Waals surface area contributed by atoms with Gasteiger partial charge in [0.2, 0.25) is 0 Å². The molecule has 0 aromatic heterocycles. The van der Waals surface area contributed by atoms with Gasteiger partial charge in [0.1, 0.15) is 0 Å². The largest absolute Gasteiger partial charge is 0.490 e. The molecule has 1 aliphatic rings. The van der Waals surface area contributed by atoms with Crippen molar-refractivity contribution >= 4 is 34.8 Å². The summed E-state index contributed by atoms with van der Waals surface area (Å²) in [4.78, 5) is 12.3. The van der Waals surface area contributed by atoms with Crippen LogP contribution in [0.4, 0.5) is 5.69 Å². The molecule has 1 heterocycles. The first-order chi connectivity index (χ1) is 10.6.